The zero-order valence-electron chi connectivity index (χ0n) is 22.3. The maximum atomic E-state index is 2.40. The van der Waals surface area contributed by atoms with Gasteiger partial charge in [-0.05, 0) is 76.1 Å². The molecule has 1 aromatic heterocycles. The number of para-hydroxylation sites is 2. The molecule has 7 aromatic rings. The molecule has 0 unspecified atom stereocenters. The minimum Gasteiger partial charge on any atom is -0.309 e. The standard InChI is InChI=1S/C39H29N/c1-3-17-33-31(15-1)32-16-2-4-18-34(32)35(33)24-23-27-11-9-12-28(25-27)29-13-10-14-30(26-29)40-38-21-7-5-19-36(38)37-20-6-8-22-39(37)40/h1-22,25-26,35H,23-24H2. The Bertz CT molecular complexity index is 1930. The molecule has 0 saturated carbocycles. The molecule has 0 atom stereocenters. The molecule has 40 heavy (non-hydrogen) atoms. The van der Waals surface area contributed by atoms with Gasteiger partial charge in [-0.15, -0.1) is 0 Å². The number of nitrogens with zero attached hydrogens (tertiary/aromatic N) is 1. The Morgan fingerprint density at radius 2 is 1.02 bits per heavy atom. The van der Waals surface area contributed by atoms with Crippen molar-refractivity contribution in [2.45, 2.75) is 18.8 Å². The van der Waals surface area contributed by atoms with Gasteiger partial charge in [0, 0.05) is 22.4 Å². The van der Waals surface area contributed by atoms with Crippen molar-refractivity contribution in [3.05, 3.63) is 162 Å². The fourth-order valence-electron chi connectivity index (χ4n) is 6.81. The summed E-state index contributed by atoms with van der Waals surface area (Å²) in [5.74, 6) is 0.453. The second-order valence-corrected chi connectivity index (χ2v) is 10.9. The highest BCUT2D eigenvalue weighted by Gasteiger charge is 2.27. The summed E-state index contributed by atoms with van der Waals surface area (Å²) in [7, 11) is 0. The third kappa shape index (κ3) is 3.70. The predicted molar refractivity (Wildman–Crippen MR) is 168 cm³/mol. The van der Waals surface area contributed by atoms with E-state index < -0.39 is 0 Å². The van der Waals surface area contributed by atoms with E-state index in [2.05, 4.69) is 150 Å². The van der Waals surface area contributed by atoms with Crippen LogP contribution in [0.2, 0.25) is 0 Å². The normalized spacial score (nSPS) is 12.6. The maximum absolute atomic E-state index is 2.40. The van der Waals surface area contributed by atoms with Gasteiger partial charge in [-0.25, -0.2) is 0 Å². The van der Waals surface area contributed by atoms with Crippen molar-refractivity contribution in [2.24, 2.45) is 0 Å². The molecule has 0 N–H and O–H groups in total. The van der Waals surface area contributed by atoms with E-state index in [1.807, 2.05) is 0 Å². The first-order valence-corrected chi connectivity index (χ1v) is 14.2. The molecular weight excluding hydrogens is 482 g/mol. The lowest BCUT2D eigenvalue weighted by Gasteiger charge is -2.14. The Balaban J connectivity index is 1.13. The van der Waals surface area contributed by atoms with Gasteiger partial charge >= 0.3 is 0 Å². The van der Waals surface area contributed by atoms with Crippen LogP contribution in [-0.4, -0.2) is 4.57 Å². The highest BCUT2D eigenvalue weighted by Crippen LogP contribution is 2.46. The summed E-state index contributed by atoms with van der Waals surface area (Å²) in [6.07, 6.45) is 2.16. The number of fused-ring (bicyclic) bond motifs is 6. The first kappa shape index (κ1) is 23.0. The summed E-state index contributed by atoms with van der Waals surface area (Å²) in [4.78, 5) is 0. The Kier molecular flexibility index (Phi) is 5.41. The second kappa shape index (κ2) is 9.39. The minimum atomic E-state index is 0.453. The summed E-state index contributed by atoms with van der Waals surface area (Å²) < 4.78 is 2.40. The van der Waals surface area contributed by atoms with Crippen LogP contribution in [0.15, 0.2) is 146 Å². The number of rotatable bonds is 5. The maximum Gasteiger partial charge on any atom is 0.0541 e. The molecule has 190 valence electrons. The number of benzene rings is 6. The summed E-state index contributed by atoms with van der Waals surface area (Å²) >= 11 is 0. The molecule has 0 aliphatic heterocycles. The molecule has 0 bridgehead atoms. The van der Waals surface area contributed by atoms with E-state index in [0.717, 1.165) is 12.8 Å². The van der Waals surface area contributed by atoms with Crippen molar-refractivity contribution in [2.75, 3.05) is 0 Å². The summed E-state index contributed by atoms with van der Waals surface area (Å²) in [6.45, 7) is 0. The van der Waals surface area contributed by atoms with Crippen LogP contribution < -0.4 is 0 Å². The lowest BCUT2D eigenvalue weighted by atomic mass is 9.90. The van der Waals surface area contributed by atoms with E-state index >= 15 is 0 Å². The Labute approximate surface area is 235 Å². The van der Waals surface area contributed by atoms with Crippen molar-refractivity contribution < 1.29 is 0 Å². The molecule has 0 radical (unpaired) electrons. The summed E-state index contributed by atoms with van der Waals surface area (Å²) in [5.41, 5.74) is 13.3. The fraction of sp³-hybridized carbons (Fsp3) is 0.0769. The smallest absolute Gasteiger partial charge is 0.0541 e. The highest BCUT2D eigenvalue weighted by atomic mass is 15.0. The number of aryl methyl sites for hydroxylation is 1. The summed E-state index contributed by atoms with van der Waals surface area (Å²) in [6, 6.07) is 53.4. The quantitative estimate of drug-likeness (QED) is 0.217. The summed E-state index contributed by atoms with van der Waals surface area (Å²) in [5, 5.41) is 2.58. The van der Waals surface area contributed by atoms with Crippen LogP contribution in [0.25, 0.3) is 49.7 Å². The van der Waals surface area contributed by atoms with E-state index in [1.54, 1.807) is 0 Å². The van der Waals surface area contributed by atoms with Crippen LogP contribution in [0.4, 0.5) is 0 Å². The SMILES string of the molecule is c1cc(CCC2c3ccccc3-c3ccccc32)cc(-c2cccc(-n3c4ccccc4c4ccccc43)c2)c1. The van der Waals surface area contributed by atoms with Gasteiger partial charge in [-0.1, -0.05) is 121 Å². The van der Waals surface area contributed by atoms with Crippen molar-refractivity contribution in [3.63, 3.8) is 0 Å². The van der Waals surface area contributed by atoms with E-state index in [4.69, 9.17) is 0 Å². The van der Waals surface area contributed by atoms with Crippen molar-refractivity contribution in [3.8, 4) is 27.9 Å². The molecule has 0 spiro atoms. The molecule has 1 aliphatic carbocycles. The van der Waals surface area contributed by atoms with E-state index in [0.29, 0.717) is 5.92 Å². The van der Waals surface area contributed by atoms with E-state index in [1.165, 1.54) is 66.4 Å². The molecule has 0 saturated heterocycles. The minimum absolute atomic E-state index is 0.453. The van der Waals surface area contributed by atoms with Gasteiger partial charge in [-0.3, -0.25) is 0 Å². The van der Waals surface area contributed by atoms with Crippen molar-refractivity contribution in [1.82, 2.24) is 4.57 Å². The van der Waals surface area contributed by atoms with Crippen LogP contribution in [0.5, 0.6) is 0 Å². The van der Waals surface area contributed by atoms with Gasteiger partial charge in [0.1, 0.15) is 0 Å². The molecule has 0 fully saturated rings. The highest BCUT2D eigenvalue weighted by molar-refractivity contribution is 6.09. The van der Waals surface area contributed by atoms with Gasteiger partial charge in [0.2, 0.25) is 0 Å². The van der Waals surface area contributed by atoms with Gasteiger partial charge < -0.3 is 4.57 Å². The number of hydrogen-bond acceptors (Lipinski definition) is 0. The molecule has 1 heterocycles. The second-order valence-electron chi connectivity index (χ2n) is 10.9. The molecule has 1 aliphatic rings. The first-order chi connectivity index (χ1) is 19.8. The zero-order valence-corrected chi connectivity index (χ0v) is 22.3. The molecule has 1 nitrogen and oxygen atoms in total. The topological polar surface area (TPSA) is 4.93 Å². The van der Waals surface area contributed by atoms with Crippen molar-refractivity contribution >= 4 is 21.8 Å². The molecule has 6 aromatic carbocycles. The van der Waals surface area contributed by atoms with Gasteiger partial charge in [0.25, 0.3) is 0 Å². The average Bonchev–Trinajstić information content (AvgIpc) is 3.53. The zero-order chi connectivity index (χ0) is 26.5. The third-order valence-electron chi connectivity index (χ3n) is 8.63. The largest absolute Gasteiger partial charge is 0.309 e. The molecule has 0 amide bonds. The monoisotopic (exact) mass is 511 g/mol. The number of aromatic nitrogens is 1. The van der Waals surface area contributed by atoms with Crippen LogP contribution in [0, 0.1) is 0 Å². The van der Waals surface area contributed by atoms with E-state index in [9.17, 15) is 0 Å². The molecule has 8 rings (SSSR count). The fourth-order valence-corrected chi connectivity index (χ4v) is 6.81. The van der Waals surface area contributed by atoms with Crippen LogP contribution in [0.3, 0.4) is 0 Å². The van der Waals surface area contributed by atoms with Gasteiger partial charge in [-0.2, -0.15) is 0 Å². The Morgan fingerprint density at radius 3 is 1.70 bits per heavy atom. The van der Waals surface area contributed by atoms with Crippen LogP contribution in [0.1, 0.15) is 29.0 Å². The average molecular weight is 512 g/mol. The lowest BCUT2D eigenvalue weighted by molar-refractivity contribution is 0.729. The van der Waals surface area contributed by atoms with E-state index in [-0.39, 0.29) is 0 Å². The Morgan fingerprint density at radius 1 is 0.475 bits per heavy atom. The van der Waals surface area contributed by atoms with Crippen molar-refractivity contribution in [1.29, 1.82) is 0 Å². The predicted octanol–water partition coefficient (Wildman–Crippen LogP) is 10.2. The molecule has 1 heteroatoms. The molecular formula is C39H29N. The third-order valence-corrected chi connectivity index (χ3v) is 8.63. The first-order valence-electron chi connectivity index (χ1n) is 14.2. The van der Waals surface area contributed by atoms with Gasteiger partial charge in [0.05, 0.1) is 11.0 Å². The lowest BCUT2D eigenvalue weighted by Crippen LogP contribution is -1.99. The van der Waals surface area contributed by atoms with Gasteiger partial charge in [0.15, 0.2) is 0 Å². The Hall–Kier alpha value is -4.88. The van der Waals surface area contributed by atoms with Crippen LogP contribution >= 0.6 is 0 Å². The number of hydrogen-bond donors (Lipinski definition) is 0. The van der Waals surface area contributed by atoms with Crippen LogP contribution in [-0.2, 0) is 6.42 Å².